The van der Waals surface area contributed by atoms with Crippen LogP contribution in [-0.4, -0.2) is 78.9 Å². The number of aryl methyl sites for hydroxylation is 2. The Kier molecular flexibility index (Phi) is 7.10. The summed E-state index contributed by atoms with van der Waals surface area (Å²) in [6.45, 7) is 7.92. The van der Waals surface area contributed by atoms with E-state index in [0.717, 1.165) is 51.6 Å². The fourth-order valence-corrected chi connectivity index (χ4v) is 6.54. The van der Waals surface area contributed by atoms with Crippen molar-refractivity contribution in [3.8, 4) is 10.6 Å². The molecular weight excluding hydrogens is 492 g/mol. The van der Waals surface area contributed by atoms with Crippen molar-refractivity contribution in [2.24, 2.45) is 11.8 Å². The van der Waals surface area contributed by atoms with Gasteiger partial charge in [-0.25, -0.2) is 9.97 Å². The fraction of sp³-hybridized carbons (Fsp3) is 0.615. The van der Waals surface area contributed by atoms with E-state index in [2.05, 4.69) is 15.6 Å². The lowest BCUT2D eigenvalue weighted by molar-refractivity contribution is -0.0601. The quantitative estimate of drug-likeness (QED) is 0.296. The van der Waals surface area contributed by atoms with Gasteiger partial charge in [0.15, 0.2) is 0 Å². The van der Waals surface area contributed by atoms with Gasteiger partial charge in [0.25, 0.3) is 0 Å². The Hall–Kier alpha value is -2.44. The monoisotopic (exact) mass is 528 g/mol. The summed E-state index contributed by atoms with van der Waals surface area (Å²) in [5.74, 6) is 1.06. The number of thiazole rings is 1. The van der Waals surface area contributed by atoms with Crippen molar-refractivity contribution in [1.82, 2.24) is 19.9 Å². The van der Waals surface area contributed by atoms with Gasteiger partial charge in [0.05, 0.1) is 45.5 Å². The molecule has 5 rings (SSSR count). The van der Waals surface area contributed by atoms with Gasteiger partial charge in [0.1, 0.15) is 22.4 Å². The number of aliphatic hydroxyl groups is 3. The van der Waals surface area contributed by atoms with Crippen molar-refractivity contribution < 1.29 is 20.1 Å². The normalized spacial score (nSPS) is 27.9. The summed E-state index contributed by atoms with van der Waals surface area (Å²) in [5.41, 5.74) is 2.06. The molecule has 0 amide bonds. The third kappa shape index (κ3) is 5.15. The number of nitrogens with one attached hydrogen (secondary N) is 2. The first-order valence-electron chi connectivity index (χ1n) is 12.8. The molecule has 4 atom stereocenters. The van der Waals surface area contributed by atoms with E-state index in [-0.39, 0.29) is 0 Å². The molecule has 200 valence electrons. The zero-order chi connectivity index (χ0) is 26.5. The van der Waals surface area contributed by atoms with Crippen LogP contribution in [0.2, 0.25) is 0 Å². The average molecular weight is 529 g/mol. The maximum Gasteiger partial charge on any atom is 0.224 e. The Morgan fingerprint density at radius 2 is 1.84 bits per heavy atom. The Labute approximate surface area is 220 Å². The molecule has 2 aliphatic rings. The highest BCUT2D eigenvalue weighted by Gasteiger charge is 2.48. The number of methoxy groups -OCH3 is 1. The Morgan fingerprint density at radius 1 is 1.08 bits per heavy atom. The van der Waals surface area contributed by atoms with Crippen molar-refractivity contribution in [2.45, 2.75) is 76.9 Å². The molecule has 3 heterocycles. The van der Waals surface area contributed by atoms with E-state index in [1.54, 1.807) is 27.2 Å². The summed E-state index contributed by atoms with van der Waals surface area (Å²) in [4.78, 5) is 18.8. The van der Waals surface area contributed by atoms with Crippen LogP contribution in [0.15, 0.2) is 12.3 Å². The van der Waals surface area contributed by atoms with Crippen molar-refractivity contribution in [2.75, 3.05) is 24.3 Å². The number of pyridine rings is 1. The molecule has 0 radical (unpaired) electrons. The van der Waals surface area contributed by atoms with Gasteiger partial charge in [0.2, 0.25) is 5.95 Å². The highest BCUT2D eigenvalue weighted by atomic mass is 32.1. The highest BCUT2D eigenvalue weighted by molar-refractivity contribution is 7.21. The summed E-state index contributed by atoms with van der Waals surface area (Å²) in [6.07, 6.45) is 2.40. The van der Waals surface area contributed by atoms with E-state index in [9.17, 15) is 15.3 Å². The first-order valence-corrected chi connectivity index (χ1v) is 13.6. The second kappa shape index (κ2) is 10.0. The van der Waals surface area contributed by atoms with Crippen LogP contribution in [0.5, 0.6) is 0 Å². The van der Waals surface area contributed by atoms with Gasteiger partial charge in [0, 0.05) is 25.8 Å². The molecule has 37 heavy (non-hydrogen) atoms. The second-order valence-electron chi connectivity index (χ2n) is 10.9. The molecule has 0 aromatic carbocycles. The van der Waals surface area contributed by atoms with Gasteiger partial charge >= 0.3 is 0 Å². The highest BCUT2D eigenvalue weighted by Crippen LogP contribution is 2.40. The number of fused-ring (bicyclic) bond motifs is 1. The summed E-state index contributed by atoms with van der Waals surface area (Å²) >= 11 is 1.54. The van der Waals surface area contributed by atoms with Crippen molar-refractivity contribution in [1.29, 1.82) is 0 Å². The number of ether oxygens (including phenoxy) is 1. The van der Waals surface area contributed by atoms with E-state index < -0.39 is 29.8 Å². The standard InChI is InChI=1S/C26H36N6O4S/c1-12-19(24-31-20-13(2)27-7-6-18(20)37-24)23(30-17-10-16(26(3,4)35)21(33)22(17)34)32-25(29-12)28-11-14-8-15(9-14)36-5/h6-7,14-17,21-22,33-35H,8-11H2,1-5H3,(H2,28,29,30,32)/t14-,15+,16-,17+,21+,22-/m0/s1. The molecule has 2 saturated carbocycles. The lowest BCUT2D eigenvalue weighted by Crippen LogP contribution is -2.40. The predicted molar refractivity (Wildman–Crippen MR) is 144 cm³/mol. The minimum Gasteiger partial charge on any atom is -0.390 e. The van der Waals surface area contributed by atoms with E-state index in [0.29, 0.717) is 30.2 Å². The van der Waals surface area contributed by atoms with Gasteiger partial charge < -0.3 is 30.7 Å². The van der Waals surface area contributed by atoms with Crippen LogP contribution in [0, 0.1) is 25.7 Å². The third-order valence-electron chi connectivity index (χ3n) is 7.78. The number of nitrogens with zero attached hydrogens (tertiary/aromatic N) is 4. The van der Waals surface area contributed by atoms with E-state index in [1.165, 1.54) is 11.3 Å². The topological polar surface area (TPSA) is 146 Å². The maximum atomic E-state index is 10.9. The Bertz CT molecular complexity index is 1270. The molecule has 0 bridgehead atoms. The smallest absolute Gasteiger partial charge is 0.224 e. The zero-order valence-corrected chi connectivity index (χ0v) is 22.7. The van der Waals surface area contributed by atoms with Crippen LogP contribution < -0.4 is 10.6 Å². The van der Waals surface area contributed by atoms with Crippen LogP contribution in [0.4, 0.5) is 11.8 Å². The molecule has 11 heteroatoms. The molecular formula is C26H36N6O4S. The van der Waals surface area contributed by atoms with Crippen LogP contribution in [-0.2, 0) is 4.74 Å². The minimum absolute atomic E-state index is 0.324. The molecule has 0 saturated heterocycles. The number of hydrogen-bond donors (Lipinski definition) is 5. The van der Waals surface area contributed by atoms with E-state index >= 15 is 0 Å². The number of rotatable bonds is 8. The fourth-order valence-electron chi connectivity index (χ4n) is 5.43. The number of anilines is 2. The van der Waals surface area contributed by atoms with Crippen molar-refractivity contribution in [3.05, 3.63) is 23.7 Å². The van der Waals surface area contributed by atoms with Crippen LogP contribution in [0.25, 0.3) is 20.8 Å². The second-order valence-corrected chi connectivity index (χ2v) is 12.0. The molecule has 3 aromatic heterocycles. The van der Waals surface area contributed by atoms with Crippen LogP contribution >= 0.6 is 11.3 Å². The minimum atomic E-state index is -1.13. The average Bonchev–Trinajstić information content (AvgIpc) is 3.35. The molecule has 0 unspecified atom stereocenters. The Morgan fingerprint density at radius 3 is 2.49 bits per heavy atom. The molecule has 10 nitrogen and oxygen atoms in total. The first-order chi connectivity index (χ1) is 17.5. The molecule has 5 N–H and O–H groups in total. The number of aromatic nitrogens is 4. The molecule has 3 aromatic rings. The van der Waals surface area contributed by atoms with Crippen molar-refractivity contribution in [3.63, 3.8) is 0 Å². The lowest BCUT2D eigenvalue weighted by Gasteiger charge is -2.34. The Balaban J connectivity index is 1.48. The SMILES string of the molecule is CO[C@H]1C[C@@H](CNc2nc(C)c(-c3nc4c(C)nccc4s3)c(N[C@@H]3C[C@H](C(C)(C)O)[C@@H](O)[C@H]3O)n2)C1. The number of aliphatic hydroxyl groups excluding tert-OH is 2. The molecule has 2 fully saturated rings. The molecule has 0 spiro atoms. The zero-order valence-electron chi connectivity index (χ0n) is 21.9. The summed E-state index contributed by atoms with van der Waals surface area (Å²) < 4.78 is 6.41. The molecule has 0 aliphatic heterocycles. The largest absolute Gasteiger partial charge is 0.390 e. The van der Waals surface area contributed by atoms with Crippen LogP contribution in [0.1, 0.15) is 44.5 Å². The first kappa shape index (κ1) is 26.2. The van der Waals surface area contributed by atoms with Gasteiger partial charge in [-0.2, -0.15) is 4.98 Å². The van der Waals surface area contributed by atoms with Crippen LogP contribution in [0.3, 0.4) is 0 Å². The maximum absolute atomic E-state index is 10.9. The van der Waals surface area contributed by atoms with E-state index in [1.807, 2.05) is 19.9 Å². The van der Waals surface area contributed by atoms with Gasteiger partial charge in [-0.15, -0.1) is 11.3 Å². The molecule has 2 aliphatic carbocycles. The van der Waals surface area contributed by atoms with E-state index in [4.69, 9.17) is 19.7 Å². The summed E-state index contributed by atoms with van der Waals surface area (Å²) in [6, 6.07) is 1.44. The van der Waals surface area contributed by atoms with Crippen molar-refractivity contribution >= 4 is 33.3 Å². The predicted octanol–water partition coefficient (Wildman–Crippen LogP) is 2.90. The van der Waals surface area contributed by atoms with Gasteiger partial charge in [-0.3, -0.25) is 4.98 Å². The van der Waals surface area contributed by atoms with Gasteiger partial charge in [-0.1, -0.05) is 0 Å². The summed E-state index contributed by atoms with van der Waals surface area (Å²) in [5, 5.41) is 39.6. The lowest BCUT2D eigenvalue weighted by atomic mass is 9.82. The summed E-state index contributed by atoms with van der Waals surface area (Å²) in [7, 11) is 1.74. The number of hydrogen-bond acceptors (Lipinski definition) is 11. The van der Waals surface area contributed by atoms with Gasteiger partial charge in [-0.05, 0) is 58.9 Å². The third-order valence-corrected chi connectivity index (χ3v) is 8.82.